The summed E-state index contributed by atoms with van der Waals surface area (Å²) in [6.45, 7) is 0.738. The summed E-state index contributed by atoms with van der Waals surface area (Å²) in [5.41, 5.74) is -0.0446. The Morgan fingerprint density at radius 3 is 2.50 bits per heavy atom. The number of nitro groups is 1. The summed E-state index contributed by atoms with van der Waals surface area (Å²) in [6, 6.07) is 2.65. The lowest BCUT2D eigenvalue weighted by Gasteiger charge is -2.18. The molecule has 0 aliphatic carbocycles. The molecule has 0 bridgehead atoms. The van der Waals surface area contributed by atoms with E-state index in [-0.39, 0.29) is 11.3 Å². The summed E-state index contributed by atoms with van der Waals surface area (Å²) in [6.07, 6.45) is 0.996. The van der Waals surface area contributed by atoms with Crippen molar-refractivity contribution in [3.8, 4) is 11.5 Å². The first-order valence-electron chi connectivity index (χ1n) is 4.51. The van der Waals surface area contributed by atoms with Gasteiger partial charge >= 0.3 is 0 Å². The quantitative estimate of drug-likeness (QED) is 0.426. The van der Waals surface area contributed by atoms with Crippen molar-refractivity contribution >= 4 is 17.7 Å². The third-order valence-electron chi connectivity index (χ3n) is 2.10. The monoisotopic (exact) mass is 221 g/mol. The molecule has 0 radical (unpaired) electrons. The van der Waals surface area contributed by atoms with Crippen LogP contribution in [-0.4, -0.2) is 24.1 Å². The molecule has 1 aromatic carbocycles. The van der Waals surface area contributed by atoms with Gasteiger partial charge in [0.05, 0.1) is 16.6 Å². The Morgan fingerprint density at radius 2 is 1.94 bits per heavy atom. The zero-order chi connectivity index (χ0) is 11.5. The van der Waals surface area contributed by atoms with Gasteiger partial charge in [-0.25, -0.2) is 4.79 Å². The largest absolute Gasteiger partial charge is 0.486 e. The number of fused-ring (bicyclic) bond motifs is 1. The summed E-state index contributed by atoms with van der Waals surface area (Å²) >= 11 is 0. The third kappa shape index (κ3) is 1.74. The maximum Gasteiger partial charge on any atom is 0.281 e. The van der Waals surface area contributed by atoms with Crippen LogP contribution < -0.4 is 9.47 Å². The Balaban J connectivity index is 2.58. The Kier molecular flexibility index (Phi) is 2.57. The number of benzene rings is 1. The molecular weight excluding hydrogens is 214 g/mol. The van der Waals surface area contributed by atoms with Crippen molar-refractivity contribution in [3.63, 3.8) is 0 Å². The van der Waals surface area contributed by atoms with Crippen molar-refractivity contribution in [2.45, 2.75) is 0 Å². The van der Waals surface area contributed by atoms with Crippen molar-refractivity contribution in [1.29, 1.82) is 0 Å². The highest BCUT2D eigenvalue weighted by Gasteiger charge is 2.20. The maximum atomic E-state index is 10.7. The summed E-state index contributed by atoms with van der Waals surface area (Å²) in [5.74, 6) is 2.23. The fourth-order valence-electron chi connectivity index (χ4n) is 1.43. The Morgan fingerprint density at radius 1 is 1.31 bits per heavy atom. The predicted octanol–water partition coefficient (Wildman–Crippen LogP) is 1.21. The van der Waals surface area contributed by atoms with Crippen LogP contribution >= 0.6 is 0 Å². The van der Waals surface area contributed by atoms with Gasteiger partial charge < -0.3 is 9.47 Å². The van der Waals surface area contributed by atoms with E-state index in [1.54, 1.807) is 0 Å². The number of hydrogen-bond acceptors (Lipinski definition) is 5. The second kappa shape index (κ2) is 4.04. The van der Waals surface area contributed by atoms with Crippen molar-refractivity contribution in [3.05, 3.63) is 27.8 Å². The summed E-state index contributed by atoms with van der Waals surface area (Å²) in [5, 5.41) is 10.7. The molecule has 0 atom stereocenters. The van der Waals surface area contributed by atoms with Crippen LogP contribution in [0.4, 0.5) is 5.69 Å². The smallest absolute Gasteiger partial charge is 0.281 e. The highest BCUT2D eigenvalue weighted by Crippen LogP contribution is 2.36. The van der Waals surface area contributed by atoms with Crippen molar-refractivity contribution in [2.24, 2.45) is 0 Å². The topological polar surface area (TPSA) is 78.7 Å². The van der Waals surface area contributed by atoms with E-state index in [9.17, 15) is 14.9 Å². The van der Waals surface area contributed by atoms with Crippen molar-refractivity contribution < 1.29 is 19.2 Å². The average Bonchev–Trinajstić information content (AvgIpc) is 2.28. The van der Waals surface area contributed by atoms with Crippen LogP contribution in [0.25, 0.3) is 6.08 Å². The lowest BCUT2D eigenvalue weighted by Crippen LogP contribution is -2.15. The van der Waals surface area contributed by atoms with E-state index in [0.717, 1.165) is 6.08 Å². The molecule has 16 heavy (non-hydrogen) atoms. The first-order valence-corrected chi connectivity index (χ1v) is 4.51. The van der Waals surface area contributed by atoms with Crippen LogP contribution in [0.3, 0.4) is 0 Å². The van der Waals surface area contributed by atoms with Gasteiger partial charge in [-0.1, -0.05) is 0 Å². The summed E-state index contributed by atoms with van der Waals surface area (Å²) in [4.78, 5) is 20.4. The molecule has 2 rings (SSSR count). The van der Waals surface area contributed by atoms with E-state index in [2.05, 4.69) is 0 Å². The SMILES string of the molecule is O=C=Cc1cc2c(cc1[N+](=O)[O-])OCCO2. The number of nitrogens with zero attached hydrogens (tertiary/aromatic N) is 1. The van der Waals surface area contributed by atoms with Gasteiger partial charge in [0.1, 0.15) is 19.2 Å². The average molecular weight is 221 g/mol. The second-order valence-corrected chi connectivity index (χ2v) is 3.07. The highest BCUT2D eigenvalue weighted by atomic mass is 16.6. The second-order valence-electron chi connectivity index (χ2n) is 3.07. The van der Waals surface area contributed by atoms with Crippen LogP contribution in [0.5, 0.6) is 11.5 Å². The third-order valence-corrected chi connectivity index (χ3v) is 2.10. The van der Waals surface area contributed by atoms with Crippen LogP contribution in [0.2, 0.25) is 0 Å². The minimum atomic E-state index is -0.582. The fourth-order valence-corrected chi connectivity index (χ4v) is 1.43. The molecule has 1 aliphatic rings. The van der Waals surface area contributed by atoms with Gasteiger partial charge in [-0.05, 0) is 6.07 Å². The minimum absolute atomic E-state index is 0.157. The van der Waals surface area contributed by atoms with Gasteiger partial charge in [0.15, 0.2) is 11.5 Å². The Hall–Kier alpha value is -2.33. The molecule has 82 valence electrons. The standard InChI is InChI=1S/C10H7NO5/c12-2-1-7-5-9-10(16-4-3-15-9)6-8(7)11(13)14/h1,5-6H,3-4H2. The highest BCUT2D eigenvalue weighted by molar-refractivity contribution is 5.80. The van der Waals surface area contributed by atoms with Gasteiger partial charge in [-0.3, -0.25) is 10.1 Å². The van der Waals surface area contributed by atoms with Crippen molar-refractivity contribution in [1.82, 2.24) is 0 Å². The van der Waals surface area contributed by atoms with E-state index in [1.807, 2.05) is 0 Å². The van der Waals surface area contributed by atoms with E-state index >= 15 is 0 Å². The molecule has 0 amide bonds. The molecule has 0 spiro atoms. The lowest BCUT2D eigenvalue weighted by molar-refractivity contribution is -0.385. The predicted molar refractivity (Wildman–Crippen MR) is 54.2 cm³/mol. The lowest BCUT2D eigenvalue weighted by atomic mass is 10.1. The van der Waals surface area contributed by atoms with Gasteiger partial charge in [0.25, 0.3) is 5.69 Å². The Bertz CT molecular complexity index is 459. The van der Waals surface area contributed by atoms with Gasteiger partial charge in [-0.2, -0.15) is 0 Å². The molecule has 0 aromatic heterocycles. The van der Waals surface area contributed by atoms with Crippen LogP contribution in [0, 0.1) is 10.1 Å². The van der Waals surface area contributed by atoms with Crippen molar-refractivity contribution in [2.75, 3.05) is 13.2 Å². The fraction of sp³-hybridized carbons (Fsp3) is 0.200. The van der Waals surface area contributed by atoms with E-state index < -0.39 is 4.92 Å². The van der Waals surface area contributed by atoms with Gasteiger partial charge in [0, 0.05) is 6.08 Å². The molecule has 0 saturated carbocycles. The van der Waals surface area contributed by atoms with E-state index in [1.165, 1.54) is 18.1 Å². The normalized spacial score (nSPS) is 12.8. The van der Waals surface area contributed by atoms with Gasteiger partial charge in [0.2, 0.25) is 0 Å². The zero-order valence-corrected chi connectivity index (χ0v) is 8.13. The van der Waals surface area contributed by atoms with Crippen LogP contribution in [0.1, 0.15) is 5.56 Å². The number of nitro benzene ring substituents is 1. The first kappa shape index (κ1) is 10.2. The molecule has 0 fully saturated rings. The summed E-state index contributed by atoms with van der Waals surface area (Å²) < 4.78 is 10.5. The zero-order valence-electron chi connectivity index (χ0n) is 8.13. The maximum absolute atomic E-state index is 10.7. The van der Waals surface area contributed by atoms with E-state index in [4.69, 9.17) is 9.47 Å². The Labute approximate surface area is 90.2 Å². The minimum Gasteiger partial charge on any atom is -0.486 e. The molecule has 6 nitrogen and oxygen atoms in total. The molecule has 1 aromatic rings. The number of hydrogen-bond donors (Lipinski definition) is 0. The van der Waals surface area contributed by atoms with Crippen LogP contribution in [0.15, 0.2) is 12.1 Å². The molecule has 1 aliphatic heterocycles. The molecule has 1 heterocycles. The molecule has 0 saturated heterocycles. The van der Waals surface area contributed by atoms with E-state index in [0.29, 0.717) is 24.7 Å². The molecular formula is C10H7NO5. The van der Waals surface area contributed by atoms with Gasteiger partial charge in [-0.15, -0.1) is 0 Å². The van der Waals surface area contributed by atoms with Crippen LogP contribution in [-0.2, 0) is 4.79 Å². The first-order chi connectivity index (χ1) is 7.72. The number of rotatable bonds is 2. The molecule has 0 unspecified atom stereocenters. The molecule has 6 heteroatoms. The number of carbonyl (C=O) groups excluding carboxylic acids is 1. The molecule has 0 N–H and O–H groups in total. The summed E-state index contributed by atoms with van der Waals surface area (Å²) in [7, 11) is 0. The number of ether oxygens (including phenoxy) is 2.